The van der Waals surface area contributed by atoms with Crippen LogP contribution in [0.15, 0.2) is 18.3 Å². The van der Waals surface area contributed by atoms with Crippen molar-refractivity contribution >= 4 is 0 Å². The van der Waals surface area contributed by atoms with Crippen LogP contribution in [0, 0.1) is 5.92 Å². The van der Waals surface area contributed by atoms with Gasteiger partial charge in [-0.15, -0.1) is 0 Å². The highest BCUT2D eigenvalue weighted by Gasteiger charge is 2.36. The summed E-state index contributed by atoms with van der Waals surface area (Å²) in [6, 6.07) is 3.85. The standard InChI is InChI=1S/C14H22N2O/c1-3-11-6-4-8-14(15,10-11)13-12(17-2)7-5-9-16-13/h5,7,9,11H,3-4,6,8,10,15H2,1-2H3. The van der Waals surface area contributed by atoms with Crippen molar-refractivity contribution in [1.29, 1.82) is 0 Å². The highest BCUT2D eigenvalue weighted by Crippen LogP contribution is 2.41. The molecule has 1 aliphatic carbocycles. The van der Waals surface area contributed by atoms with Crippen LogP contribution in [0.5, 0.6) is 5.75 Å². The number of methoxy groups -OCH3 is 1. The molecule has 3 heteroatoms. The number of nitrogens with zero attached hydrogens (tertiary/aromatic N) is 1. The van der Waals surface area contributed by atoms with Crippen LogP contribution < -0.4 is 10.5 Å². The predicted octanol–water partition coefficient (Wildman–Crippen LogP) is 2.84. The molecular weight excluding hydrogens is 212 g/mol. The Morgan fingerprint density at radius 2 is 2.41 bits per heavy atom. The number of pyridine rings is 1. The van der Waals surface area contributed by atoms with Gasteiger partial charge in [0.25, 0.3) is 0 Å². The fourth-order valence-corrected chi connectivity index (χ4v) is 2.92. The molecule has 17 heavy (non-hydrogen) atoms. The number of nitrogens with two attached hydrogens (primary N) is 1. The summed E-state index contributed by atoms with van der Waals surface area (Å²) in [6.45, 7) is 2.24. The molecule has 0 aliphatic heterocycles. The summed E-state index contributed by atoms with van der Waals surface area (Å²) < 4.78 is 5.39. The van der Waals surface area contributed by atoms with Crippen molar-refractivity contribution in [2.75, 3.05) is 7.11 Å². The van der Waals surface area contributed by atoms with Gasteiger partial charge in [-0.25, -0.2) is 0 Å². The number of rotatable bonds is 3. The van der Waals surface area contributed by atoms with E-state index in [1.165, 1.54) is 19.3 Å². The molecule has 0 amide bonds. The highest BCUT2D eigenvalue weighted by atomic mass is 16.5. The monoisotopic (exact) mass is 234 g/mol. The van der Waals surface area contributed by atoms with E-state index in [0.717, 1.165) is 30.2 Å². The molecule has 0 spiro atoms. The molecule has 0 aromatic carbocycles. The first-order valence-corrected chi connectivity index (χ1v) is 6.48. The van der Waals surface area contributed by atoms with Gasteiger partial charge in [-0.3, -0.25) is 4.98 Å². The Kier molecular flexibility index (Phi) is 3.67. The zero-order valence-electron chi connectivity index (χ0n) is 10.8. The van der Waals surface area contributed by atoms with E-state index in [2.05, 4.69) is 11.9 Å². The number of ether oxygens (including phenoxy) is 1. The summed E-state index contributed by atoms with van der Waals surface area (Å²) in [6.07, 6.45) is 7.53. The minimum Gasteiger partial charge on any atom is -0.495 e. The second-order valence-corrected chi connectivity index (χ2v) is 5.08. The number of hydrogen-bond acceptors (Lipinski definition) is 3. The number of hydrogen-bond donors (Lipinski definition) is 1. The normalized spacial score (nSPS) is 29.0. The molecule has 2 unspecified atom stereocenters. The Morgan fingerprint density at radius 1 is 1.59 bits per heavy atom. The van der Waals surface area contributed by atoms with Gasteiger partial charge in [-0.2, -0.15) is 0 Å². The molecule has 3 nitrogen and oxygen atoms in total. The third-order valence-corrected chi connectivity index (χ3v) is 3.93. The van der Waals surface area contributed by atoms with Crippen LogP contribution in [0.25, 0.3) is 0 Å². The van der Waals surface area contributed by atoms with Gasteiger partial charge in [-0.05, 0) is 30.9 Å². The van der Waals surface area contributed by atoms with Crippen LogP contribution in [0.1, 0.15) is 44.7 Å². The molecule has 1 aliphatic rings. The van der Waals surface area contributed by atoms with Crippen LogP contribution in [0.3, 0.4) is 0 Å². The summed E-state index contributed by atoms with van der Waals surface area (Å²) in [5, 5.41) is 0. The van der Waals surface area contributed by atoms with Crippen LogP contribution in [-0.4, -0.2) is 12.1 Å². The lowest BCUT2D eigenvalue weighted by Gasteiger charge is -2.37. The quantitative estimate of drug-likeness (QED) is 0.874. The van der Waals surface area contributed by atoms with Crippen LogP contribution in [0.4, 0.5) is 0 Å². The summed E-state index contributed by atoms with van der Waals surface area (Å²) >= 11 is 0. The Morgan fingerprint density at radius 3 is 3.12 bits per heavy atom. The first-order valence-electron chi connectivity index (χ1n) is 6.48. The molecule has 1 saturated carbocycles. The van der Waals surface area contributed by atoms with Crippen LogP contribution in [0.2, 0.25) is 0 Å². The second-order valence-electron chi connectivity index (χ2n) is 5.08. The summed E-state index contributed by atoms with van der Waals surface area (Å²) in [5.41, 5.74) is 7.21. The lowest BCUT2D eigenvalue weighted by molar-refractivity contribution is 0.211. The van der Waals surface area contributed by atoms with Crippen molar-refractivity contribution in [3.63, 3.8) is 0 Å². The molecule has 0 bridgehead atoms. The van der Waals surface area contributed by atoms with E-state index in [4.69, 9.17) is 10.5 Å². The molecule has 94 valence electrons. The third kappa shape index (κ3) is 2.44. The van der Waals surface area contributed by atoms with E-state index in [9.17, 15) is 0 Å². The molecule has 1 aromatic rings. The molecule has 1 fully saturated rings. The maximum atomic E-state index is 6.58. The van der Waals surface area contributed by atoms with Crippen molar-refractivity contribution in [2.24, 2.45) is 11.7 Å². The zero-order chi connectivity index (χ0) is 12.3. The molecule has 2 N–H and O–H groups in total. The summed E-state index contributed by atoms with van der Waals surface area (Å²) in [5.74, 6) is 1.55. The van der Waals surface area contributed by atoms with E-state index in [1.54, 1.807) is 7.11 Å². The average Bonchev–Trinajstić information content (AvgIpc) is 2.38. The highest BCUT2D eigenvalue weighted by molar-refractivity contribution is 5.33. The molecule has 0 saturated heterocycles. The van der Waals surface area contributed by atoms with Crippen molar-refractivity contribution < 1.29 is 4.74 Å². The Labute approximate surface area is 103 Å². The van der Waals surface area contributed by atoms with Gasteiger partial charge in [0.15, 0.2) is 0 Å². The van der Waals surface area contributed by atoms with Crippen molar-refractivity contribution in [1.82, 2.24) is 4.98 Å². The minimum atomic E-state index is -0.300. The van der Waals surface area contributed by atoms with Gasteiger partial charge in [0.2, 0.25) is 0 Å². The fourth-order valence-electron chi connectivity index (χ4n) is 2.92. The lowest BCUT2D eigenvalue weighted by Crippen LogP contribution is -2.42. The first kappa shape index (κ1) is 12.4. The van der Waals surface area contributed by atoms with E-state index < -0.39 is 0 Å². The van der Waals surface area contributed by atoms with Gasteiger partial charge in [0.1, 0.15) is 11.4 Å². The maximum Gasteiger partial charge on any atom is 0.142 e. The molecular formula is C14H22N2O. The third-order valence-electron chi connectivity index (χ3n) is 3.93. The van der Waals surface area contributed by atoms with E-state index in [-0.39, 0.29) is 5.54 Å². The Bertz CT molecular complexity index is 380. The maximum absolute atomic E-state index is 6.58. The van der Waals surface area contributed by atoms with E-state index in [1.807, 2.05) is 18.3 Å². The van der Waals surface area contributed by atoms with Crippen molar-refractivity contribution in [3.8, 4) is 5.75 Å². The fraction of sp³-hybridized carbons (Fsp3) is 0.643. The van der Waals surface area contributed by atoms with Crippen LogP contribution in [-0.2, 0) is 5.54 Å². The van der Waals surface area contributed by atoms with Gasteiger partial charge in [0.05, 0.1) is 12.6 Å². The van der Waals surface area contributed by atoms with E-state index in [0.29, 0.717) is 0 Å². The topological polar surface area (TPSA) is 48.1 Å². The van der Waals surface area contributed by atoms with Gasteiger partial charge >= 0.3 is 0 Å². The SMILES string of the molecule is CCC1CCCC(N)(c2ncccc2OC)C1. The summed E-state index contributed by atoms with van der Waals surface area (Å²) in [7, 11) is 1.68. The van der Waals surface area contributed by atoms with Crippen molar-refractivity contribution in [3.05, 3.63) is 24.0 Å². The minimum absolute atomic E-state index is 0.300. The predicted molar refractivity (Wildman–Crippen MR) is 68.9 cm³/mol. The summed E-state index contributed by atoms with van der Waals surface area (Å²) in [4.78, 5) is 4.46. The lowest BCUT2D eigenvalue weighted by atomic mass is 9.73. The Balaban J connectivity index is 2.30. The van der Waals surface area contributed by atoms with Crippen LogP contribution >= 0.6 is 0 Å². The molecule has 1 heterocycles. The molecule has 0 radical (unpaired) electrons. The molecule has 1 aromatic heterocycles. The molecule has 2 rings (SSSR count). The average molecular weight is 234 g/mol. The second kappa shape index (κ2) is 5.05. The van der Waals surface area contributed by atoms with Crippen molar-refractivity contribution in [2.45, 2.75) is 44.6 Å². The van der Waals surface area contributed by atoms with Gasteiger partial charge < -0.3 is 10.5 Å². The zero-order valence-corrected chi connectivity index (χ0v) is 10.8. The van der Waals surface area contributed by atoms with Gasteiger partial charge in [0, 0.05) is 6.20 Å². The largest absolute Gasteiger partial charge is 0.495 e. The van der Waals surface area contributed by atoms with Gasteiger partial charge in [-0.1, -0.05) is 26.2 Å². The smallest absolute Gasteiger partial charge is 0.142 e. The first-order chi connectivity index (χ1) is 8.19. The Hall–Kier alpha value is -1.09. The van der Waals surface area contributed by atoms with E-state index >= 15 is 0 Å². The molecule has 2 atom stereocenters. The number of aromatic nitrogens is 1.